The van der Waals surface area contributed by atoms with Crippen LogP contribution in [-0.2, 0) is 6.42 Å². The minimum absolute atomic E-state index is 0.296. The largest absolute Gasteiger partial charge is 0.477 e. The highest BCUT2D eigenvalue weighted by atomic mass is 32.1. The van der Waals surface area contributed by atoms with Gasteiger partial charge < -0.3 is 5.11 Å². The van der Waals surface area contributed by atoms with E-state index in [2.05, 4.69) is 37.0 Å². The Labute approximate surface area is 104 Å². The highest BCUT2D eigenvalue weighted by Gasteiger charge is 2.09. The van der Waals surface area contributed by atoms with Crippen LogP contribution in [0.15, 0.2) is 24.4 Å². The van der Waals surface area contributed by atoms with Crippen molar-refractivity contribution in [3.63, 3.8) is 0 Å². The van der Waals surface area contributed by atoms with Crippen molar-refractivity contribution in [3.05, 3.63) is 51.0 Å². The molecule has 3 nitrogen and oxygen atoms in total. The molecule has 0 bridgehead atoms. The van der Waals surface area contributed by atoms with Crippen LogP contribution in [0, 0.1) is 13.8 Å². The summed E-state index contributed by atoms with van der Waals surface area (Å²) >= 11 is 1.24. The maximum atomic E-state index is 10.7. The summed E-state index contributed by atoms with van der Waals surface area (Å²) in [5, 5.41) is 9.66. The van der Waals surface area contributed by atoms with Gasteiger partial charge in [0.2, 0.25) is 0 Å². The van der Waals surface area contributed by atoms with Crippen molar-refractivity contribution in [2.45, 2.75) is 20.3 Å². The first kappa shape index (κ1) is 11.8. The molecule has 0 spiro atoms. The molecule has 88 valence electrons. The van der Waals surface area contributed by atoms with Crippen molar-refractivity contribution < 1.29 is 9.90 Å². The third-order valence-corrected chi connectivity index (χ3v) is 3.39. The Hall–Kier alpha value is -1.68. The van der Waals surface area contributed by atoms with E-state index in [4.69, 9.17) is 5.11 Å². The average molecular weight is 247 g/mol. The molecule has 1 aromatic carbocycles. The van der Waals surface area contributed by atoms with Gasteiger partial charge in [-0.2, -0.15) is 0 Å². The Kier molecular flexibility index (Phi) is 3.24. The maximum Gasteiger partial charge on any atom is 0.347 e. The Morgan fingerprint density at radius 1 is 1.29 bits per heavy atom. The van der Waals surface area contributed by atoms with E-state index in [1.807, 2.05) is 0 Å². The molecule has 0 saturated carbocycles. The zero-order valence-corrected chi connectivity index (χ0v) is 10.5. The lowest BCUT2D eigenvalue weighted by Crippen LogP contribution is -1.90. The molecule has 0 unspecified atom stereocenters. The summed E-state index contributed by atoms with van der Waals surface area (Å²) in [5.74, 6) is -0.908. The number of rotatable bonds is 3. The molecule has 1 N–H and O–H groups in total. The first-order chi connectivity index (χ1) is 8.04. The molecule has 0 atom stereocenters. The van der Waals surface area contributed by atoms with E-state index in [-0.39, 0.29) is 0 Å². The number of benzene rings is 1. The van der Waals surface area contributed by atoms with E-state index in [1.165, 1.54) is 34.2 Å². The molecule has 17 heavy (non-hydrogen) atoms. The molecule has 4 heteroatoms. The molecule has 1 heterocycles. The lowest BCUT2D eigenvalue weighted by molar-refractivity contribution is 0.0702. The fourth-order valence-electron chi connectivity index (χ4n) is 1.84. The zero-order chi connectivity index (χ0) is 12.4. The fraction of sp³-hybridized carbons (Fsp3) is 0.231. The zero-order valence-electron chi connectivity index (χ0n) is 9.73. The van der Waals surface area contributed by atoms with Crippen molar-refractivity contribution in [3.8, 4) is 0 Å². The smallest absolute Gasteiger partial charge is 0.347 e. The van der Waals surface area contributed by atoms with E-state index in [1.54, 1.807) is 0 Å². The highest BCUT2D eigenvalue weighted by molar-refractivity contribution is 7.13. The van der Waals surface area contributed by atoms with Crippen molar-refractivity contribution >= 4 is 17.3 Å². The second-order valence-corrected chi connectivity index (χ2v) is 5.21. The molecule has 0 amide bonds. The predicted molar refractivity (Wildman–Crippen MR) is 67.8 cm³/mol. The van der Waals surface area contributed by atoms with Gasteiger partial charge in [-0.15, -0.1) is 11.3 Å². The lowest BCUT2D eigenvalue weighted by Gasteiger charge is -2.02. The number of nitrogens with zero attached hydrogens (tertiary/aromatic N) is 1. The monoisotopic (exact) mass is 247 g/mol. The van der Waals surface area contributed by atoms with Crippen molar-refractivity contribution in [2.24, 2.45) is 0 Å². The molecule has 0 radical (unpaired) electrons. The summed E-state index contributed by atoms with van der Waals surface area (Å²) in [6, 6.07) is 6.33. The highest BCUT2D eigenvalue weighted by Crippen LogP contribution is 2.18. The number of carbonyl (C=O) groups is 1. The second kappa shape index (κ2) is 4.67. The predicted octanol–water partition coefficient (Wildman–Crippen LogP) is 3.05. The number of carboxylic acid groups (broad SMARTS) is 1. The molecule has 0 aliphatic heterocycles. The van der Waals surface area contributed by atoms with E-state index < -0.39 is 5.97 Å². The van der Waals surface area contributed by atoms with Crippen LogP contribution in [0.2, 0.25) is 0 Å². The van der Waals surface area contributed by atoms with Gasteiger partial charge >= 0.3 is 5.97 Å². The Balaban J connectivity index is 2.22. The van der Waals surface area contributed by atoms with Crippen LogP contribution < -0.4 is 0 Å². The minimum Gasteiger partial charge on any atom is -0.477 e. The normalized spacial score (nSPS) is 10.5. The molecule has 1 aromatic heterocycles. The number of aromatic carboxylic acids is 1. The standard InChI is InChI=1S/C13H13NO2S/c1-8-3-9(2)5-10(4-8)6-12-14-7-11(17-12)13(15)16/h3-5,7H,6H2,1-2H3,(H,15,16). The van der Waals surface area contributed by atoms with Crippen LogP contribution in [0.4, 0.5) is 0 Å². The Bertz CT molecular complexity index is 540. The third kappa shape index (κ3) is 2.91. The maximum absolute atomic E-state index is 10.7. The second-order valence-electron chi connectivity index (χ2n) is 4.10. The third-order valence-electron chi connectivity index (χ3n) is 2.40. The summed E-state index contributed by atoms with van der Waals surface area (Å²) in [6.07, 6.45) is 2.12. The number of hydrogen-bond donors (Lipinski definition) is 1. The van der Waals surface area contributed by atoms with Gasteiger partial charge in [0.25, 0.3) is 0 Å². The molecule has 0 fully saturated rings. The van der Waals surface area contributed by atoms with Crippen LogP contribution in [0.25, 0.3) is 0 Å². The quantitative estimate of drug-likeness (QED) is 0.906. The van der Waals surface area contributed by atoms with Crippen LogP contribution in [0.5, 0.6) is 0 Å². The topological polar surface area (TPSA) is 50.2 Å². The molecule has 0 aliphatic rings. The van der Waals surface area contributed by atoms with Crippen molar-refractivity contribution in [1.82, 2.24) is 4.98 Å². The number of thiazole rings is 1. The van der Waals surface area contributed by atoms with E-state index in [9.17, 15) is 4.79 Å². The Morgan fingerprint density at radius 3 is 2.47 bits per heavy atom. The van der Waals surface area contributed by atoms with Crippen LogP contribution in [-0.4, -0.2) is 16.1 Å². The fourth-order valence-corrected chi connectivity index (χ4v) is 2.63. The number of aromatic nitrogens is 1. The van der Waals surface area contributed by atoms with E-state index in [0.717, 1.165) is 5.01 Å². The van der Waals surface area contributed by atoms with Crippen molar-refractivity contribution in [1.29, 1.82) is 0 Å². The molecule has 0 aliphatic carbocycles. The van der Waals surface area contributed by atoms with Crippen molar-refractivity contribution in [2.75, 3.05) is 0 Å². The SMILES string of the molecule is Cc1cc(C)cc(Cc2ncc(C(=O)O)s2)c1. The van der Waals surface area contributed by atoms with Gasteiger partial charge in [-0.1, -0.05) is 29.3 Å². The lowest BCUT2D eigenvalue weighted by atomic mass is 10.1. The summed E-state index contributed by atoms with van der Waals surface area (Å²) in [5.41, 5.74) is 3.61. The summed E-state index contributed by atoms with van der Waals surface area (Å²) in [6.45, 7) is 4.11. The number of hydrogen-bond acceptors (Lipinski definition) is 3. The van der Waals surface area contributed by atoms with Gasteiger partial charge in [0, 0.05) is 6.42 Å². The molecular formula is C13H13NO2S. The summed E-state index contributed by atoms with van der Waals surface area (Å²) < 4.78 is 0. The first-order valence-corrected chi connectivity index (χ1v) is 6.11. The summed E-state index contributed by atoms with van der Waals surface area (Å²) in [7, 11) is 0. The molecular weight excluding hydrogens is 234 g/mol. The molecule has 2 rings (SSSR count). The Morgan fingerprint density at radius 2 is 1.94 bits per heavy atom. The first-order valence-electron chi connectivity index (χ1n) is 5.30. The van der Waals surface area contributed by atoms with Crippen LogP contribution in [0.1, 0.15) is 31.4 Å². The number of aryl methyl sites for hydroxylation is 2. The van der Waals surface area contributed by atoms with Gasteiger partial charge in [0.15, 0.2) is 0 Å². The number of carboxylic acids is 1. The van der Waals surface area contributed by atoms with Crippen LogP contribution >= 0.6 is 11.3 Å². The molecule has 0 saturated heterocycles. The van der Waals surface area contributed by atoms with Crippen LogP contribution in [0.3, 0.4) is 0 Å². The minimum atomic E-state index is -0.908. The summed E-state index contributed by atoms with van der Waals surface area (Å²) in [4.78, 5) is 15.2. The average Bonchev–Trinajstić information content (AvgIpc) is 2.64. The van der Waals surface area contributed by atoms with E-state index in [0.29, 0.717) is 11.3 Å². The van der Waals surface area contributed by atoms with Gasteiger partial charge in [0.1, 0.15) is 4.88 Å². The van der Waals surface area contributed by atoms with Gasteiger partial charge in [-0.25, -0.2) is 9.78 Å². The van der Waals surface area contributed by atoms with Gasteiger partial charge in [0.05, 0.1) is 11.2 Å². The van der Waals surface area contributed by atoms with Gasteiger partial charge in [-0.3, -0.25) is 0 Å². The van der Waals surface area contributed by atoms with Gasteiger partial charge in [-0.05, 0) is 19.4 Å². The van der Waals surface area contributed by atoms with E-state index >= 15 is 0 Å². The molecule has 2 aromatic rings.